The summed E-state index contributed by atoms with van der Waals surface area (Å²) in [6.07, 6.45) is 0. The van der Waals surface area contributed by atoms with Crippen LogP contribution in [0.25, 0.3) is 0 Å². The molecule has 0 unspecified atom stereocenters. The number of likely N-dealkylation sites (N-methyl/N-ethyl adjacent to an activating group) is 1. The van der Waals surface area contributed by atoms with Crippen molar-refractivity contribution in [3.8, 4) is 0 Å². The van der Waals surface area contributed by atoms with Crippen LogP contribution in [0.2, 0.25) is 0 Å². The van der Waals surface area contributed by atoms with E-state index < -0.39 is 0 Å². The molecular formula is C18H19FN2O. The Kier molecular flexibility index (Phi) is 4.20. The van der Waals surface area contributed by atoms with Gasteiger partial charge in [0, 0.05) is 37.3 Å². The lowest BCUT2D eigenvalue weighted by atomic mass is 10.0. The number of hydrogen-bond acceptors (Lipinski definition) is 3. The van der Waals surface area contributed by atoms with Gasteiger partial charge in [-0.1, -0.05) is 30.3 Å². The highest BCUT2D eigenvalue weighted by Crippen LogP contribution is 2.23. The molecule has 1 aliphatic heterocycles. The lowest BCUT2D eigenvalue weighted by Gasteiger charge is -2.34. The SMILES string of the molecule is CN1CCN(c2ccc(C(=O)c3ccccc3)cc2F)CC1. The second kappa shape index (κ2) is 6.28. The van der Waals surface area contributed by atoms with Crippen LogP contribution in [-0.4, -0.2) is 43.9 Å². The van der Waals surface area contributed by atoms with E-state index in [0.717, 1.165) is 26.2 Å². The minimum atomic E-state index is -0.327. The van der Waals surface area contributed by atoms with Gasteiger partial charge in [0.05, 0.1) is 5.69 Å². The molecule has 2 aromatic carbocycles. The van der Waals surface area contributed by atoms with Gasteiger partial charge in [-0.05, 0) is 25.2 Å². The molecule has 1 aliphatic rings. The van der Waals surface area contributed by atoms with Gasteiger partial charge in [0.25, 0.3) is 0 Å². The van der Waals surface area contributed by atoms with Gasteiger partial charge in [0.1, 0.15) is 5.82 Å². The van der Waals surface area contributed by atoms with Gasteiger partial charge in [-0.3, -0.25) is 4.79 Å². The Morgan fingerprint density at radius 1 is 0.955 bits per heavy atom. The summed E-state index contributed by atoms with van der Waals surface area (Å²) in [4.78, 5) is 16.6. The predicted octanol–water partition coefficient (Wildman–Crippen LogP) is 2.81. The van der Waals surface area contributed by atoms with Crippen LogP contribution in [0.5, 0.6) is 0 Å². The number of piperazine rings is 1. The van der Waals surface area contributed by atoms with Crippen LogP contribution < -0.4 is 4.90 Å². The zero-order chi connectivity index (χ0) is 15.5. The average molecular weight is 298 g/mol. The molecular weight excluding hydrogens is 279 g/mol. The summed E-state index contributed by atoms with van der Waals surface area (Å²) in [5.41, 5.74) is 1.55. The molecule has 1 fully saturated rings. The number of rotatable bonds is 3. The summed E-state index contributed by atoms with van der Waals surface area (Å²) < 4.78 is 14.4. The minimum Gasteiger partial charge on any atom is -0.367 e. The molecule has 4 heteroatoms. The highest BCUT2D eigenvalue weighted by Gasteiger charge is 2.18. The first kappa shape index (κ1) is 14.7. The lowest BCUT2D eigenvalue weighted by molar-refractivity contribution is 0.103. The first-order chi connectivity index (χ1) is 10.6. The highest BCUT2D eigenvalue weighted by molar-refractivity contribution is 6.09. The van der Waals surface area contributed by atoms with Gasteiger partial charge in [-0.25, -0.2) is 4.39 Å². The maximum Gasteiger partial charge on any atom is 0.193 e. The van der Waals surface area contributed by atoms with Crippen molar-refractivity contribution in [2.45, 2.75) is 0 Å². The van der Waals surface area contributed by atoms with E-state index in [1.807, 2.05) is 23.1 Å². The molecule has 114 valence electrons. The van der Waals surface area contributed by atoms with Gasteiger partial charge in [-0.2, -0.15) is 0 Å². The monoisotopic (exact) mass is 298 g/mol. The quantitative estimate of drug-likeness (QED) is 0.814. The van der Waals surface area contributed by atoms with Crippen LogP contribution in [-0.2, 0) is 0 Å². The normalized spacial score (nSPS) is 15.8. The standard InChI is InChI=1S/C18H19FN2O/c1-20-9-11-21(12-10-20)17-8-7-15(13-16(17)19)18(22)14-5-3-2-4-6-14/h2-8,13H,9-12H2,1H3. The summed E-state index contributed by atoms with van der Waals surface area (Å²) in [5, 5.41) is 0. The molecule has 0 aromatic heterocycles. The fourth-order valence-corrected chi connectivity index (χ4v) is 2.71. The predicted molar refractivity (Wildman–Crippen MR) is 86.0 cm³/mol. The zero-order valence-electron chi connectivity index (χ0n) is 12.6. The molecule has 0 saturated carbocycles. The Morgan fingerprint density at radius 3 is 2.27 bits per heavy atom. The van der Waals surface area contributed by atoms with Crippen molar-refractivity contribution < 1.29 is 9.18 Å². The van der Waals surface area contributed by atoms with E-state index in [0.29, 0.717) is 16.8 Å². The number of halogens is 1. The van der Waals surface area contributed by atoms with Gasteiger partial charge in [0.2, 0.25) is 0 Å². The molecule has 2 aromatic rings. The molecule has 0 atom stereocenters. The molecule has 1 saturated heterocycles. The van der Waals surface area contributed by atoms with Gasteiger partial charge in [-0.15, -0.1) is 0 Å². The van der Waals surface area contributed by atoms with Crippen LogP contribution in [0.4, 0.5) is 10.1 Å². The van der Waals surface area contributed by atoms with Crippen LogP contribution in [0, 0.1) is 5.82 Å². The fourth-order valence-electron chi connectivity index (χ4n) is 2.71. The van der Waals surface area contributed by atoms with Crippen molar-refractivity contribution in [3.63, 3.8) is 0 Å². The average Bonchev–Trinajstić information content (AvgIpc) is 2.56. The maximum atomic E-state index is 14.4. The van der Waals surface area contributed by atoms with Crippen molar-refractivity contribution in [1.29, 1.82) is 0 Å². The summed E-state index contributed by atoms with van der Waals surface area (Å²) in [6, 6.07) is 13.7. The molecule has 0 spiro atoms. The van der Waals surface area contributed by atoms with Crippen molar-refractivity contribution in [2.75, 3.05) is 38.1 Å². The third-order valence-electron chi connectivity index (χ3n) is 4.09. The largest absolute Gasteiger partial charge is 0.367 e. The van der Waals surface area contributed by atoms with E-state index in [1.165, 1.54) is 6.07 Å². The summed E-state index contributed by atoms with van der Waals surface area (Å²) in [7, 11) is 2.06. The smallest absolute Gasteiger partial charge is 0.193 e. The van der Waals surface area contributed by atoms with Gasteiger partial charge in [0.15, 0.2) is 5.78 Å². The Bertz CT molecular complexity index is 664. The van der Waals surface area contributed by atoms with Crippen molar-refractivity contribution in [1.82, 2.24) is 4.90 Å². The number of carbonyl (C=O) groups excluding carboxylic acids is 1. The Labute approximate surface area is 130 Å². The van der Waals surface area contributed by atoms with E-state index in [9.17, 15) is 9.18 Å². The topological polar surface area (TPSA) is 23.6 Å². The Morgan fingerprint density at radius 2 is 1.64 bits per heavy atom. The number of benzene rings is 2. The van der Waals surface area contributed by atoms with E-state index in [4.69, 9.17) is 0 Å². The van der Waals surface area contributed by atoms with E-state index in [2.05, 4.69) is 11.9 Å². The van der Waals surface area contributed by atoms with Gasteiger partial charge >= 0.3 is 0 Å². The van der Waals surface area contributed by atoms with Gasteiger partial charge < -0.3 is 9.80 Å². The zero-order valence-corrected chi connectivity index (χ0v) is 12.6. The Hall–Kier alpha value is -2.20. The molecule has 0 radical (unpaired) electrons. The molecule has 22 heavy (non-hydrogen) atoms. The molecule has 0 aliphatic carbocycles. The second-order valence-corrected chi connectivity index (χ2v) is 5.65. The Balaban J connectivity index is 1.82. The molecule has 0 bridgehead atoms. The number of anilines is 1. The van der Waals surface area contributed by atoms with Crippen LogP contribution in [0.3, 0.4) is 0 Å². The number of carbonyl (C=O) groups is 1. The first-order valence-corrected chi connectivity index (χ1v) is 7.48. The van der Waals surface area contributed by atoms with E-state index in [-0.39, 0.29) is 11.6 Å². The summed E-state index contributed by atoms with van der Waals surface area (Å²) >= 11 is 0. The maximum absolute atomic E-state index is 14.4. The highest BCUT2D eigenvalue weighted by atomic mass is 19.1. The third-order valence-corrected chi connectivity index (χ3v) is 4.09. The van der Waals surface area contributed by atoms with Crippen LogP contribution in [0.15, 0.2) is 48.5 Å². The molecule has 3 rings (SSSR count). The number of hydrogen-bond donors (Lipinski definition) is 0. The first-order valence-electron chi connectivity index (χ1n) is 7.48. The minimum absolute atomic E-state index is 0.149. The molecule has 0 amide bonds. The van der Waals surface area contributed by atoms with E-state index in [1.54, 1.807) is 24.3 Å². The van der Waals surface area contributed by atoms with Crippen molar-refractivity contribution in [3.05, 3.63) is 65.5 Å². The van der Waals surface area contributed by atoms with Crippen LogP contribution >= 0.6 is 0 Å². The molecule has 0 N–H and O–H groups in total. The van der Waals surface area contributed by atoms with E-state index >= 15 is 0 Å². The fraction of sp³-hybridized carbons (Fsp3) is 0.278. The summed E-state index contributed by atoms with van der Waals surface area (Å²) in [5.74, 6) is -0.476. The molecule has 3 nitrogen and oxygen atoms in total. The number of ketones is 1. The van der Waals surface area contributed by atoms with Crippen LogP contribution in [0.1, 0.15) is 15.9 Å². The third kappa shape index (κ3) is 3.02. The molecule has 1 heterocycles. The summed E-state index contributed by atoms with van der Waals surface area (Å²) in [6.45, 7) is 3.45. The second-order valence-electron chi connectivity index (χ2n) is 5.65. The lowest BCUT2D eigenvalue weighted by Crippen LogP contribution is -2.44. The van der Waals surface area contributed by atoms with Crippen molar-refractivity contribution in [2.24, 2.45) is 0 Å². The van der Waals surface area contributed by atoms with Crippen molar-refractivity contribution >= 4 is 11.5 Å². The number of nitrogens with zero attached hydrogens (tertiary/aromatic N) is 2.